The molecule has 0 aliphatic rings. The van der Waals surface area contributed by atoms with Crippen molar-refractivity contribution in [1.82, 2.24) is 14.0 Å². The summed E-state index contributed by atoms with van der Waals surface area (Å²) in [6.45, 7) is 0. The number of aromatic nitrogens is 3. The first-order chi connectivity index (χ1) is 6.45. The average molecular weight is 191 g/mol. The highest BCUT2D eigenvalue weighted by atomic mass is 32.1. The van der Waals surface area contributed by atoms with Gasteiger partial charge in [-0.25, -0.2) is 0 Å². The second-order valence-corrected chi connectivity index (χ2v) is 3.27. The minimum atomic E-state index is 0.842. The molecular weight excluding hydrogens is 182 g/mol. The molecule has 0 amide bonds. The van der Waals surface area contributed by atoms with Crippen molar-refractivity contribution in [1.29, 1.82) is 0 Å². The van der Waals surface area contributed by atoms with Crippen LogP contribution in [0, 0.1) is 0 Å². The fourth-order valence-corrected chi connectivity index (χ4v) is 1.53. The van der Waals surface area contributed by atoms with Crippen LogP contribution in [0.15, 0.2) is 30.3 Å². The Balaban J connectivity index is 1.94. The Labute approximate surface area is 80.8 Å². The van der Waals surface area contributed by atoms with Gasteiger partial charge in [0.15, 0.2) is 5.82 Å². The first-order valence-electron chi connectivity index (χ1n) is 4.13. The van der Waals surface area contributed by atoms with Gasteiger partial charge in [-0.05, 0) is 12.0 Å². The highest BCUT2D eigenvalue weighted by molar-refractivity contribution is 6.98. The van der Waals surface area contributed by atoms with Crippen LogP contribution in [0.25, 0.3) is 0 Å². The fraction of sp³-hybridized carbons (Fsp3) is 0.222. The number of nitrogens with zero attached hydrogens (tertiary/aromatic N) is 3. The van der Waals surface area contributed by atoms with E-state index in [1.165, 1.54) is 5.56 Å². The van der Waals surface area contributed by atoms with Crippen LogP contribution in [0.4, 0.5) is 0 Å². The standard InChI is InChI=1S/C9H9N3S/c1-2-4-8(5-3-1)6-7-9-10-12-13-11-9/h1-5H,6-7H2. The Hall–Kier alpha value is -1.29. The van der Waals surface area contributed by atoms with Crippen LogP contribution >= 0.6 is 11.7 Å². The summed E-state index contributed by atoms with van der Waals surface area (Å²) in [6, 6.07) is 10.3. The van der Waals surface area contributed by atoms with Crippen LogP contribution in [0.2, 0.25) is 0 Å². The molecule has 0 fully saturated rings. The number of aryl methyl sites for hydroxylation is 2. The van der Waals surface area contributed by atoms with Crippen molar-refractivity contribution < 1.29 is 0 Å². The molecule has 0 bridgehead atoms. The van der Waals surface area contributed by atoms with Crippen molar-refractivity contribution in [3.05, 3.63) is 41.7 Å². The predicted octanol–water partition coefficient (Wildman–Crippen LogP) is 1.72. The van der Waals surface area contributed by atoms with Gasteiger partial charge >= 0.3 is 0 Å². The molecule has 0 unspecified atom stereocenters. The lowest BCUT2D eigenvalue weighted by atomic mass is 10.1. The molecule has 1 aromatic carbocycles. The van der Waals surface area contributed by atoms with Gasteiger partial charge in [0.25, 0.3) is 0 Å². The van der Waals surface area contributed by atoms with E-state index in [1.54, 1.807) is 0 Å². The van der Waals surface area contributed by atoms with E-state index >= 15 is 0 Å². The van der Waals surface area contributed by atoms with E-state index in [9.17, 15) is 0 Å². The van der Waals surface area contributed by atoms with Crippen LogP contribution < -0.4 is 0 Å². The number of hydrogen-bond acceptors (Lipinski definition) is 4. The highest BCUT2D eigenvalue weighted by Gasteiger charge is 1.98. The molecule has 0 spiro atoms. The van der Waals surface area contributed by atoms with Crippen LogP contribution in [0.3, 0.4) is 0 Å². The summed E-state index contributed by atoms with van der Waals surface area (Å²) in [5.41, 5.74) is 1.32. The van der Waals surface area contributed by atoms with Crippen molar-refractivity contribution in [3.63, 3.8) is 0 Å². The van der Waals surface area contributed by atoms with Crippen molar-refractivity contribution in [2.24, 2.45) is 0 Å². The van der Waals surface area contributed by atoms with E-state index in [2.05, 4.69) is 26.1 Å². The second kappa shape index (κ2) is 4.09. The molecule has 13 heavy (non-hydrogen) atoms. The lowest BCUT2D eigenvalue weighted by Crippen LogP contribution is -1.92. The van der Waals surface area contributed by atoms with Crippen LogP contribution in [0.5, 0.6) is 0 Å². The summed E-state index contributed by atoms with van der Waals surface area (Å²) < 4.78 is 7.77. The summed E-state index contributed by atoms with van der Waals surface area (Å²) >= 11 is 1.16. The Morgan fingerprint density at radius 2 is 1.92 bits per heavy atom. The summed E-state index contributed by atoms with van der Waals surface area (Å²) in [5.74, 6) is 0.842. The van der Waals surface area contributed by atoms with Gasteiger partial charge in [0.05, 0.1) is 11.7 Å². The lowest BCUT2D eigenvalue weighted by molar-refractivity contribution is 0.865. The van der Waals surface area contributed by atoms with Crippen molar-refractivity contribution in [3.8, 4) is 0 Å². The van der Waals surface area contributed by atoms with E-state index in [4.69, 9.17) is 0 Å². The Bertz CT molecular complexity index is 344. The Kier molecular flexibility index (Phi) is 2.62. The summed E-state index contributed by atoms with van der Waals surface area (Å²) in [4.78, 5) is 0. The molecule has 3 nitrogen and oxygen atoms in total. The first-order valence-corrected chi connectivity index (χ1v) is 4.86. The molecule has 0 atom stereocenters. The smallest absolute Gasteiger partial charge is 0.156 e. The molecule has 0 aliphatic carbocycles. The molecule has 1 aromatic heterocycles. The van der Waals surface area contributed by atoms with Crippen molar-refractivity contribution in [2.75, 3.05) is 0 Å². The second-order valence-electron chi connectivity index (χ2n) is 2.76. The molecular formula is C9H9N3S. The number of benzene rings is 1. The zero-order chi connectivity index (χ0) is 8.93. The van der Waals surface area contributed by atoms with Gasteiger partial charge in [0, 0.05) is 6.42 Å². The predicted molar refractivity (Wildman–Crippen MR) is 51.6 cm³/mol. The summed E-state index contributed by atoms with van der Waals surface area (Å²) in [6.07, 6.45) is 1.86. The van der Waals surface area contributed by atoms with Gasteiger partial charge < -0.3 is 0 Å². The van der Waals surface area contributed by atoms with Crippen LogP contribution in [-0.4, -0.2) is 14.0 Å². The maximum absolute atomic E-state index is 4.05. The molecule has 0 N–H and O–H groups in total. The topological polar surface area (TPSA) is 38.7 Å². The van der Waals surface area contributed by atoms with E-state index in [1.807, 2.05) is 18.2 Å². The fourth-order valence-electron chi connectivity index (χ4n) is 1.15. The van der Waals surface area contributed by atoms with Gasteiger partial charge in [-0.15, -0.1) is 5.10 Å². The zero-order valence-electron chi connectivity index (χ0n) is 7.05. The SMILES string of the molecule is c1ccc(CCc2nnsn2)cc1. The highest BCUT2D eigenvalue weighted by Crippen LogP contribution is 2.03. The monoisotopic (exact) mass is 191 g/mol. The Morgan fingerprint density at radius 3 is 2.62 bits per heavy atom. The molecule has 1 heterocycles. The summed E-state index contributed by atoms with van der Waals surface area (Å²) in [7, 11) is 0. The quantitative estimate of drug-likeness (QED) is 0.741. The largest absolute Gasteiger partial charge is 0.166 e. The van der Waals surface area contributed by atoms with Crippen LogP contribution in [-0.2, 0) is 12.8 Å². The van der Waals surface area contributed by atoms with Crippen molar-refractivity contribution >= 4 is 11.7 Å². The minimum absolute atomic E-state index is 0.842. The number of rotatable bonds is 3. The lowest BCUT2D eigenvalue weighted by Gasteiger charge is -1.96. The molecule has 2 rings (SSSR count). The normalized spacial score (nSPS) is 10.2. The molecule has 2 aromatic rings. The number of hydrogen-bond donors (Lipinski definition) is 0. The third kappa shape index (κ3) is 2.32. The maximum atomic E-state index is 4.05. The maximum Gasteiger partial charge on any atom is 0.166 e. The van der Waals surface area contributed by atoms with Gasteiger partial charge in [-0.1, -0.05) is 34.8 Å². The van der Waals surface area contributed by atoms with Gasteiger partial charge in [0.1, 0.15) is 0 Å². The average Bonchev–Trinajstić information content (AvgIpc) is 2.69. The summed E-state index contributed by atoms with van der Waals surface area (Å²) in [5, 5.41) is 3.89. The van der Waals surface area contributed by atoms with Crippen molar-refractivity contribution in [2.45, 2.75) is 12.8 Å². The van der Waals surface area contributed by atoms with E-state index in [-0.39, 0.29) is 0 Å². The minimum Gasteiger partial charge on any atom is -0.156 e. The zero-order valence-corrected chi connectivity index (χ0v) is 7.87. The molecule has 0 saturated carbocycles. The van der Waals surface area contributed by atoms with E-state index < -0.39 is 0 Å². The third-order valence-electron chi connectivity index (χ3n) is 1.82. The molecule has 0 aliphatic heterocycles. The molecule has 0 saturated heterocycles. The third-order valence-corrected chi connectivity index (χ3v) is 2.27. The van der Waals surface area contributed by atoms with Gasteiger partial charge in [-0.3, -0.25) is 0 Å². The van der Waals surface area contributed by atoms with Gasteiger partial charge in [-0.2, -0.15) is 4.37 Å². The molecule has 0 radical (unpaired) electrons. The van der Waals surface area contributed by atoms with E-state index in [0.29, 0.717) is 0 Å². The van der Waals surface area contributed by atoms with Crippen LogP contribution in [0.1, 0.15) is 11.4 Å². The molecule has 4 heteroatoms. The van der Waals surface area contributed by atoms with E-state index in [0.717, 1.165) is 30.4 Å². The molecule has 66 valence electrons. The van der Waals surface area contributed by atoms with Gasteiger partial charge in [0.2, 0.25) is 0 Å². The first kappa shape index (κ1) is 8.31. The Morgan fingerprint density at radius 1 is 1.08 bits per heavy atom.